The first kappa shape index (κ1) is 19.8. The molecule has 1 fully saturated rings. The number of ether oxygens (including phenoxy) is 1. The smallest absolute Gasteiger partial charge is 0.255 e. The zero-order valence-electron chi connectivity index (χ0n) is 17.7. The number of nitrogens with one attached hydrogen (secondary N) is 1. The first-order chi connectivity index (χ1) is 15.2. The van der Waals surface area contributed by atoms with Gasteiger partial charge in [-0.3, -0.25) is 9.69 Å². The molecule has 0 spiro atoms. The number of rotatable bonds is 5. The van der Waals surface area contributed by atoms with Gasteiger partial charge in [-0.15, -0.1) is 0 Å². The van der Waals surface area contributed by atoms with E-state index < -0.39 is 0 Å². The van der Waals surface area contributed by atoms with Gasteiger partial charge in [-0.05, 0) is 79.3 Å². The average molecular weight is 413 g/mol. The Labute approximate surface area is 183 Å². The van der Waals surface area contributed by atoms with Gasteiger partial charge in [0.15, 0.2) is 0 Å². The van der Waals surface area contributed by atoms with E-state index >= 15 is 0 Å². The van der Waals surface area contributed by atoms with Crippen molar-refractivity contribution in [2.45, 2.75) is 38.1 Å². The quantitative estimate of drug-likeness (QED) is 0.586. The van der Waals surface area contributed by atoms with E-state index in [2.05, 4.69) is 22.3 Å². The number of amides is 1. The number of para-hydroxylation sites is 1. The molecule has 1 N–H and O–H groups in total. The van der Waals surface area contributed by atoms with Crippen LogP contribution in [0.1, 0.15) is 40.7 Å². The molecule has 158 valence electrons. The molecule has 0 saturated heterocycles. The third kappa shape index (κ3) is 4.64. The summed E-state index contributed by atoms with van der Waals surface area (Å²) < 4.78 is 5.87. The molecule has 31 heavy (non-hydrogen) atoms. The molecular formula is C27H28N2O2. The van der Waals surface area contributed by atoms with E-state index in [1.54, 1.807) is 6.07 Å². The molecule has 1 aliphatic heterocycles. The average Bonchev–Trinajstić information content (AvgIpc) is 2.96. The number of fused-ring (bicyclic) bond motifs is 1. The standard InChI is InChI=1S/C27H28N2O2/c30-27(22-6-4-11-26(19-22)31-25-9-2-1-3-10-25)28-23-13-12-20-14-16-29(24-7-5-8-24)17-15-21(20)18-23/h1-4,6,9-13,18-19,24H,5,7-8,14-17H2,(H,28,30). The number of carbonyl (C=O) groups is 1. The summed E-state index contributed by atoms with van der Waals surface area (Å²) in [5, 5.41) is 3.07. The Morgan fingerprint density at radius 2 is 1.61 bits per heavy atom. The molecule has 0 radical (unpaired) electrons. The van der Waals surface area contributed by atoms with Crippen LogP contribution in [-0.2, 0) is 12.8 Å². The van der Waals surface area contributed by atoms with E-state index in [0.29, 0.717) is 11.3 Å². The van der Waals surface area contributed by atoms with Gasteiger partial charge < -0.3 is 10.1 Å². The van der Waals surface area contributed by atoms with Crippen LogP contribution in [0.2, 0.25) is 0 Å². The van der Waals surface area contributed by atoms with Gasteiger partial charge in [0.05, 0.1) is 0 Å². The van der Waals surface area contributed by atoms with Crippen molar-refractivity contribution < 1.29 is 9.53 Å². The van der Waals surface area contributed by atoms with Gasteiger partial charge >= 0.3 is 0 Å². The van der Waals surface area contributed by atoms with Crippen LogP contribution in [0.3, 0.4) is 0 Å². The van der Waals surface area contributed by atoms with Crippen LogP contribution in [0.25, 0.3) is 0 Å². The highest BCUT2D eigenvalue weighted by molar-refractivity contribution is 6.04. The summed E-state index contributed by atoms with van der Waals surface area (Å²) in [5.41, 5.74) is 4.22. The van der Waals surface area contributed by atoms with E-state index in [0.717, 1.165) is 43.4 Å². The molecule has 4 nitrogen and oxygen atoms in total. The van der Waals surface area contributed by atoms with Crippen molar-refractivity contribution in [3.8, 4) is 11.5 Å². The Bertz CT molecular complexity index is 1060. The second kappa shape index (κ2) is 8.94. The van der Waals surface area contributed by atoms with Crippen molar-refractivity contribution >= 4 is 11.6 Å². The Kier molecular flexibility index (Phi) is 5.72. The zero-order valence-corrected chi connectivity index (χ0v) is 17.7. The van der Waals surface area contributed by atoms with E-state index in [1.807, 2.05) is 54.6 Å². The minimum Gasteiger partial charge on any atom is -0.457 e. The van der Waals surface area contributed by atoms with Crippen LogP contribution in [0, 0.1) is 0 Å². The highest BCUT2D eigenvalue weighted by Gasteiger charge is 2.26. The van der Waals surface area contributed by atoms with Crippen molar-refractivity contribution in [3.63, 3.8) is 0 Å². The topological polar surface area (TPSA) is 41.6 Å². The summed E-state index contributed by atoms with van der Waals surface area (Å²) in [5.74, 6) is 1.28. The molecule has 3 aromatic rings. The largest absolute Gasteiger partial charge is 0.457 e. The van der Waals surface area contributed by atoms with E-state index in [9.17, 15) is 4.79 Å². The molecule has 1 heterocycles. The number of hydrogen-bond acceptors (Lipinski definition) is 3. The van der Waals surface area contributed by atoms with Gasteiger partial charge in [-0.1, -0.05) is 36.8 Å². The number of anilines is 1. The predicted octanol–water partition coefficient (Wildman–Crippen LogP) is 5.68. The molecule has 1 aliphatic carbocycles. The second-order valence-electron chi connectivity index (χ2n) is 8.50. The first-order valence-corrected chi connectivity index (χ1v) is 11.2. The van der Waals surface area contributed by atoms with Crippen LogP contribution in [-0.4, -0.2) is 29.9 Å². The summed E-state index contributed by atoms with van der Waals surface area (Å²) >= 11 is 0. The van der Waals surface area contributed by atoms with Gasteiger partial charge in [0.25, 0.3) is 5.91 Å². The van der Waals surface area contributed by atoms with Gasteiger partial charge in [-0.25, -0.2) is 0 Å². The Hall–Kier alpha value is -3.11. The molecule has 1 saturated carbocycles. The zero-order chi connectivity index (χ0) is 21.0. The molecular weight excluding hydrogens is 384 g/mol. The van der Waals surface area contributed by atoms with Crippen LogP contribution < -0.4 is 10.1 Å². The maximum atomic E-state index is 12.9. The second-order valence-corrected chi connectivity index (χ2v) is 8.50. The molecule has 2 aliphatic rings. The minimum absolute atomic E-state index is 0.122. The Balaban J connectivity index is 1.26. The number of benzene rings is 3. The van der Waals surface area contributed by atoms with E-state index in [-0.39, 0.29) is 5.91 Å². The molecule has 0 aromatic heterocycles. The van der Waals surface area contributed by atoms with Crippen LogP contribution in [0.15, 0.2) is 72.8 Å². The fraction of sp³-hybridized carbons (Fsp3) is 0.296. The molecule has 1 amide bonds. The van der Waals surface area contributed by atoms with Crippen molar-refractivity contribution in [2.75, 3.05) is 18.4 Å². The SMILES string of the molecule is O=C(Nc1ccc2c(c1)CCN(C1CCC1)CC2)c1cccc(Oc2ccccc2)c1. The predicted molar refractivity (Wildman–Crippen MR) is 124 cm³/mol. The van der Waals surface area contributed by atoms with Gasteiger partial charge in [-0.2, -0.15) is 0 Å². The molecule has 0 unspecified atom stereocenters. The Morgan fingerprint density at radius 3 is 2.39 bits per heavy atom. The maximum absolute atomic E-state index is 12.9. The third-order valence-corrected chi connectivity index (χ3v) is 6.47. The van der Waals surface area contributed by atoms with E-state index in [4.69, 9.17) is 4.74 Å². The lowest BCUT2D eigenvalue weighted by molar-refractivity contribution is 0.102. The molecule has 3 aromatic carbocycles. The summed E-state index contributed by atoms with van der Waals surface area (Å²) in [6, 6.07) is 24.1. The van der Waals surface area contributed by atoms with Crippen LogP contribution in [0.5, 0.6) is 11.5 Å². The molecule has 5 rings (SSSR count). The summed E-state index contributed by atoms with van der Waals surface area (Å²) in [6.07, 6.45) is 6.23. The highest BCUT2D eigenvalue weighted by atomic mass is 16.5. The number of nitrogens with zero attached hydrogens (tertiary/aromatic N) is 1. The fourth-order valence-corrected chi connectivity index (χ4v) is 4.47. The van der Waals surface area contributed by atoms with Gasteiger partial charge in [0.2, 0.25) is 0 Å². The number of carbonyl (C=O) groups excluding carboxylic acids is 1. The molecule has 4 heteroatoms. The van der Waals surface area contributed by atoms with Crippen molar-refractivity contribution in [1.82, 2.24) is 4.90 Å². The monoisotopic (exact) mass is 412 g/mol. The van der Waals surface area contributed by atoms with Crippen molar-refractivity contribution in [3.05, 3.63) is 89.5 Å². The highest BCUT2D eigenvalue weighted by Crippen LogP contribution is 2.28. The Morgan fingerprint density at radius 1 is 0.839 bits per heavy atom. The number of hydrogen-bond donors (Lipinski definition) is 1. The fourth-order valence-electron chi connectivity index (χ4n) is 4.47. The summed E-state index contributed by atoms with van der Waals surface area (Å²) in [4.78, 5) is 15.5. The molecule has 0 bridgehead atoms. The first-order valence-electron chi connectivity index (χ1n) is 11.2. The molecule has 0 atom stereocenters. The maximum Gasteiger partial charge on any atom is 0.255 e. The lowest BCUT2D eigenvalue weighted by atomic mass is 9.91. The lowest BCUT2D eigenvalue weighted by Gasteiger charge is -2.36. The van der Waals surface area contributed by atoms with Gasteiger partial charge in [0, 0.05) is 30.4 Å². The third-order valence-electron chi connectivity index (χ3n) is 6.47. The normalized spacial score (nSPS) is 16.6. The summed E-state index contributed by atoms with van der Waals surface area (Å²) in [7, 11) is 0. The van der Waals surface area contributed by atoms with E-state index in [1.165, 1.54) is 30.4 Å². The van der Waals surface area contributed by atoms with Gasteiger partial charge in [0.1, 0.15) is 11.5 Å². The van der Waals surface area contributed by atoms with Crippen molar-refractivity contribution in [2.24, 2.45) is 0 Å². The van der Waals surface area contributed by atoms with Crippen molar-refractivity contribution in [1.29, 1.82) is 0 Å². The van der Waals surface area contributed by atoms with Crippen LogP contribution in [0.4, 0.5) is 5.69 Å². The minimum atomic E-state index is -0.122. The summed E-state index contributed by atoms with van der Waals surface area (Å²) in [6.45, 7) is 2.27. The van der Waals surface area contributed by atoms with Crippen LogP contribution >= 0.6 is 0 Å². The lowest BCUT2D eigenvalue weighted by Crippen LogP contribution is -2.41.